The molecule has 2 rings (SSSR count). The van der Waals surface area contributed by atoms with Gasteiger partial charge in [0.2, 0.25) is 0 Å². The Hall–Kier alpha value is -1.34. The number of hydrogen-bond donors (Lipinski definition) is 2. The molecule has 0 aromatic heterocycles. The van der Waals surface area contributed by atoms with Crippen LogP contribution < -0.4 is 10.6 Å². The van der Waals surface area contributed by atoms with Crippen LogP contribution in [-0.4, -0.2) is 36.2 Å². The fourth-order valence-corrected chi connectivity index (χ4v) is 3.13. The largest absolute Gasteiger partial charge is 0.416 e. The molecule has 0 radical (unpaired) electrons. The van der Waals surface area contributed by atoms with Crippen LogP contribution in [0.5, 0.6) is 0 Å². The van der Waals surface area contributed by atoms with Gasteiger partial charge >= 0.3 is 6.18 Å². The first-order valence-electron chi connectivity index (χ1n) is 8.29. The van der Waals surface area contributed by atoms with Gasteiger partial charge in [-0.1, -0.05) is 6.92 Å². The minimum absolute atomic E-state index is 0.432. The average Bonchev–Trinajstić information content (AvgIpc) is 2.51. The summed E-state index contributed by atoms with van der Waals surface area (Å²) in [6.07, 6.45) is -0.747. The molecule has 7 heteroatoms. The zero-order chi connectivity index (χ0) is 17.6. The molecule has 1 aromatic rings. The molecule has 0 amide bonds. The second-order valence-electron chi connectivity index (χ2n) is 6.36. The van der Waals surface area contributed by atoms with Gasteiger partial charge in [-0.25, -0.2) is 0 Å². The van der Waals surface area contributed by atoms with Crippen molar-refractivity contribution < 1.29 is 13.2 Å². The summed E-state index contributed by atoms with van der Waals surface area (Å²) < 4.78 is 37.5. The van der Waals surface area contributed by atoms with E-state index in [9.17, 15) is 13.2 Å². The molecule has 134 valence electrons. The van der Waals surface area contributed by atoms with Crippen molar-refractivity contribution in [1.29, 1.82) is 0 Å². The van der Waals surface area contributed by atoms with E-state index >= 15 is 0 Å². The van der Waals surface area contributed by atoms with Crippen molar-refractivity contribution in [2.45, 2.75) is 32.4 Å². The second kappa shape index (κ2) is 8.67. The average molecular weight is 359 g/mol. The Morgan fingerprint density at radius 2 is 2.00 bits per heavy atom. The van der Waals surface area contributed by atoms with E-state index in [0.717, 1.165) is 44.1 Å². The number of piperidine rings is 1. The van der Waals surface area contributed by atoms with E-state index < -0.39 is 11.7 Å². The number of hydrogen-bond acceptors (Lipinski definition) is 2. The number of anilines is 1. The number of nitrogens with one attached hydrogen (secondary N) is 2. The maximum absolute atomic E-state index is 12.5. The first-order chi connectivity index (χ1) is 11.3. The van der Waals surface area contributed by atoms with Crippen LogP contribution in [-0.2, 0) is 6.18 Å². The predicted molar refractivity (Wildman–Crippen MR) is 95.1 cm³/mol. The molecule has 1 heterocycles. The van der Waals surface area contributed by atoms with E-state index in [2.05, 4.69) is 22.5 Å². The third-order valence-corrected chi connectivity index (χ3v) is 4.39. The zero-order valence-corrected chi connectivity index (χ0v) is 14.6. The van der Waals surface area contributed by atoms with Gasteiger partial charge < -0.3 is 15.5 Å². The summed E-state index contributed by atoms with van der Waals surface area (Å²) >= 11 is 5.17. The number of halogens is 3. The molecule has 1 unspecified atom stereocenters. The van der Waals surface area contributed by atoms with Gasteiger partial charge in [-0.15, -0.1) is 0 Å². The number of rotatable bonds is 5. The summed E-state index contributed by atoms with van der Waals surface area (Å²) in [5.74, 6) is 0.772. The minimum atomic E-state index is -4.32. The van der Waals surface area contributed by atoms with Crippen LogP contribution in [0.25, 0.3) is 0 Å². The summed E-state index contributed by atoms with van der Waals surface area (Å²) in [6, 6.07) is 4.85. The van der Waals surface area contributed by atoms with Gasteiger partial charge in [-0.2, -0.15) is 13.2 Å². The standard InChI is InChI=1S/C17H24F3N3S/c1-13-4-2-10-23(12-13)11-3-9-21-16(24)22-15-7-5-14(6-8-15)17(18,19)20/h5-8,13H,2-4,9-12H2,1H3,(H2,21,22,24). The Morgan fingerprint density at radius 3 is 2.62 bits per heavy atom. The Kier molecular flexibility index (Phi) is 6.86. The van der Waals surface area contributed by atoms with Crippen LogP contribution in [0.2, 0.25) is 0 Å². The second-order valence-corrected chi connectivity index (χ2v) is 6.77. The fraction of sp³-hybridized carbons (Fsp3) is 0.588. The van der Waals surface area contributed by atoms with Crippen LogP contribution in [0.4, 0.5) is 18.9 Å². The van der Waals surface area contributed by atoms with Crippen LogP contribution in [0.1, 0.15) is 31.7 Å². The van der Waals surface area contributed by atoms with Crippen molar-refractivity contribution in [3.63, 3.8) is 0 Å². The highest BCUT2D eigenvalue weighted by atomic mass is 32.1. The van der Waals surface area contributed by atoms with E-state index in [-0.39, 0.29) is 0 Å². The van der Waals surface area contributed by atoms with Crippen molar-refractivity contribution in [1.82, 2.24) is 10.2 Å². The van der Waals surface area contributed by atoms with Crippen LogP contribution in [0.3, 0.4) is 0 Å². The molecule has 1 saturated heterocycles. The highest BCUT2D eigenvalue weighted by Crippen LogP contribution is 2.29. The lowest BCUT2D eigenvalue weighted by molar-refractivity contribution is -0.137. The number of alkyl halides is 3. The highest BCUT2D eigenvalue weighted by molar-refractivity contribution is 7.80. The third kappa shape index (κ3) is 6.28. The minimum Gasteiger partial charge on any atom is -0.362 e. The molecular formula is C17H24F3N3S. The maximum atomic E-state index is 12.5. The summed E-state index contributed by atoms with van der Waals surface area (Å²) in [7, 11) is 0. The summed E-state index contributed by atoms with van der Waals surface area (Å²) in [5.41, 5.74) is -0.118. The Labute approximate surface area is 146 Å². The lowest BCUT2D eigenvalue weighted by Crippen LogP contribution is -2.37. The smallest absolute Gasteiger partial charge is 0.362 e. The Balaban J connectivity index is 1.66. The number of likely N-dealkylation sites (tertiary alicyclic amines) is 1. The van der Waals surface area contributed by atoms with E-state index in [4.69, 9.17) is 12.2 Å². The van der Waals surface area contributed by atoms with Gasteiger partial charge in [0.15, 0.2) is 5.11 Å². The van der Waals surface area contributed by atoms with Crippen molar-refractivity contribution in [2.24, 2.45) is 5.92 Å². The molecule has 0 spiro atoms. The molecule has 0 aliphatic carbocycles. The summed E-state index contributed by atoms with van der Waals surface area (Å²) in [6.45, 7) is 6.40. The molecule has 2 N–H and O–H groups in total. The Morgan fingerprint density at radius 1 is 1.29 bits per heavy atom. The molecule has 1 atom stereocenters. The summed E-state index contributed by atoms with van der Waals surface area (Å²) in [4.78, 5) is 2.47. The monoisotopic (exact) mass is 359 g/mol. The quantitative estimate of drug-likeness (QED) is 0.611. The van der Waals surface area contributed by atoms with Crippen LogP contribution in [0, 0.1) is 5.92 Å². The van der Waals surface area contributed by atoms with Gasteiger partial charge in [-0.05, 0) is 74.8 Å². The molecule has 0 saturated carbocycles. The van der Waals surface area contributed by atoms with Gasteiger partial charge in [0.25, 0.3) is 0 Å². The lowest BCUT2D eigenvalue weighted by Gasteiger charge is -2.30. The molecule has 3 nitrogen and oxygen atoms in total. The molecule has 1 aliphatic heterocycles. The van der Waals surface area contributed by atoms with E-state index in [1.165, 1.54) is 31.5 Å². The van der Waals surface area contributed by atoms with Gasteiger partial charge in [0.1, 0.15) is 0 Å². The van der Waals surface area contributed by atoms with E-state index in [0.29, 0.717) is 10.8 Å². The number of nitrogens with zero attached hydrogens (tertiary/aromatic N) is 1. The molecule has 1 aromatic carbocycles. The predicted octanol–water partition coefficient (Wildman–Crippen LogP) is 4.11. The Bertz CT molecular complexity index is 531. The van der Waals surface area contributed by atoms with Gasteiger partial charge in [-0.3, -0.25) is 0 Å². The first kappa shape index (κ1) is 19.0. The number of thiocarbonyl (C=S) groups is 1. The van der Waals surface area contributed by atoms with Gasteiger partial charge in [0, 0.05) is 18.8 Å². The van der Waals surface area contributed by atoms with Crippen molar-refractivity contribution >= 4 is 23.0 Å². The van der Waals surface area contributed by atoms with Gasteiger partial charge in [0.05, 0.1) is 5.56 Å². The van der Waals surface area contributed by atoms with E-state index in [1.807, 2.05) is 0 Å². The zero-order valence-electron chi connectivity index (χ0n) is 13.8. The molecule has 0 bridgehead atoms. The third-order valence-electron chi connectivity index (χ3n) is 4.15. The first-order valence-corrected chi connectivity index (χ1v) is 8.70. The van der Waals surface area contributed by atoms with Crippen molar-refractivity contribution in [2.75, 3.05) is 31.5 Å². The summed E-state index contributed by atoms with van der Waals surface area (Å²) in [5, 5.41) is 6.44. The topological polar surface area (TPSA) is 27.3 Å². The molecule has 1 aliphatic rings. The maximum Gasteiger partial charge on any atom is 0.416 e. The molecule has 1 fully saturated rings. The van der Waals surface area contributed by atoms with E-state index in [1.54, 1.807) is 0 Å². The molecule has 24 heavy (non-hydrogen) atoms. The fourth-order valence-electron chi connectivity index (χ4n) is 2.91. The molecular weight excluding hydrogens is 335 g/mol. The van der Waals surface area contributed by atoms with Crippen LogP contribution >= 0.6 is 12.2 Å². The number of benzene rings is 1. The highest BCUT2D eigenvalue weighted by Gasteiger charge is 2.29. The normalized spacial score (nSPS) is 19.1. The van der Waals surface area contributed by atoms with Crippen LogP contribution in [0.15, 0.2) is 24.3 Å². The lowest BCUT2D eigenvalue weighted by atomic mass is 10.0. The van der Waals surface area contributed by atoms with Crippen molar-refractivity contribution in [3.05, 3.63) is 29.8 Å². The SMILES string of the molecule is CC1CCCN(CCCNC(=S)Nc2ccc(C(F)(F)F)cc2)C1. The van der Waals surface area contributed by atoms with Crippen molar-refractivity contribution in [3.8, 4) is 0 Å².